The molecule has 0 spiro atoms. The molecule has 0 amide bonds. The second-order valence-corrected chi connectivity index (χ2v) is 6.00. The molecule has 28 heavy (non-hydrogen) atoms. The van der Waals surface area contributed by atoms with Crippen molar-refractivity contribution in [3.05, 3.63) is 58.7 Å². The van der Waals surface area contributed by atoms with Gasteiger partial charge in [0.2, 0.25) is 0 Å². The van der Waals surface area contributed by atoms with E-state index in [4.69, 9.17) is 9.47 Å². The largest absolute Gasteiger partial charge is 0.482 e. The average molecular weight is 386 g/mol. The van der Waals surface area contributed by atoms with Gasteiger partial charge in [-0.3, -0.25) is 4.79 Å². The van der Waals surface area contributed by atoms with Crippen LogP contribution in [0.4, 0.5) is 0 Å². The molecule has 7 heteroatoms. The molecule has 148 valence electrons. The average Bonchev–Trinajstić information content (AvgIpc) is 2.71. The van der Waals surface area contributed by atoms with Crippen LogP contribution in [0.25, 0.3) is 0 Å². The van der Waals surface area contributed by atoms with Gasteiger partial charge in [0.15, 0.2) is 13.2 Å². The lowest BCUT2D eigenvalue weighted by Crippen LogP contribution is -2.14. The van der Waals surface area contributed by atoms with Gasteiger partial charge in [0.1, 0.15) is 17.8 Å². The molecule has 7 nitrogen and oxygen atoms in total. The van der Waals surface area contributed by atoms with Crippen molar-refractivity contribution in [2.24, 2.45) is 0 Å². The summed E-state index contributed by atoms with van der Waals surface area (Å²) >= 11 is 0. The first kappa shape index (κ1) is 21.0. The lowest BCUT2D eigenvalue weighted by atomic mass is 9.99. The minimum absolute atomic E-state index is 0.216. The van der Waals surface area contributed by atoms with Gasteiger partial charge in [-0.05, 0) is 42.3 Å². The van der Waals surface area contributed by atoms with Crippen LogP contribution in [0, 0.1) is 6.92 Å². The van der Waals surface area contributed by atoms with Crippen molar-refractivity contribution >= 4 is 18.2 Å². The predicted octanol–water partition coefficient (Wildman–Crippen LogP) is 2.50. The molecule has 0 aliphatic carbocycles. The van der Waals surface area contributed by atoms with Gasteiger partial charge >= 0.3 is 11.9 Å². The highest BCUT2D eigenvalue weighted by Gasteiger charge is 2.13. The van der Waals surface area contributed by atoms with Crippen LogP contribution in [-0.2, 0) is 25.5 Å². The number of esters is 2. The van der Waals surface area contributed by atoms with E-state index in [0.717, 1.165) is 17.4 Å². The summed E-state index contributed by atoms with van der Waals surface area (Å²) in [5.74, 6) is -0.0255. The summed E-state index contributed by atoms with van der Waals surface area (Å²) in [5, 5.41) is 0. The Morgan fingerprint density at radius 1 is 0.857 bits per heavy atom. The van der Waals surface area contributed by atoms with Crippen molar-refractivity contribution in [2.45, 2.75) is 13.3 Å². The Labute approximate surface area is 163 Å². The van der Waals surface area contributed by atoms with Crippen LogP contribution in [0.15, 0.2) is 36.4 Å². The summed E-state index contributed by atoms with van der Waals surface area (Å²) in [6, 6.07) is 10.5. The second-order valence-electron chi connectivity index (χ2n) is 6.00. The van der Waals surface area contributed by atoms with Crippen LogP contribution in [0.5, 0.6) is 11.5 Å². The van der Waals surface area contributed by atoms with E-state index in [-0.39, 0.29) is 13.2 Å². The SMILES string of the molecule is COC(=O)COc1ccc(C)cc1Cc1cc(C=O)ccc1OCC(=O)OC. The van der Waals surface area contributed by atoms with Gasteiger partial charge in [0.25, 0.3) is 0 Å². The molecule has 0 bridgehead atoms. The normalized spacial score (nSPS) is 10.1. The molecule has 0 unspecified atom stereocenters. The van der Waals surface area contributed by atoms with Gasteiger partial charge in [-0.15, -0.1) is 0 Å². The number of carbonyl (C=O) groups excluding carboxylic acids is 3. The molecule has 2 aromatic rings. The Kier molecular flexibility index (Phi) is 7.56. The molecule has 0 aromatic heterocycles. The number of hydrogen-bond acceptors (Lipinski definition) is 7. The minimum atomic E-state index is -0.511. The Morgan fingerprint density at radius 3 is 1.93 bits per heavy atom. The van der Waals surface area contributed by atoms with Crippen molar-refractivity contribution in [1.29, 1.82) is 0 Å². The standard InChI is InChI=1S/C21H22O7/c1-14-4-6-18(27-12-20(23)25-2)16(8-14)10-17-9-15(11-22)5-7-19(17)28-13-21(24)26-3/h4-9,11H,10,12-13H2,1-3H3. The molecular weight excluding hydrogens is 364 g/mol. The third kappa shape index (κ3) is 5.84. The number of ether oxygens (including phenoxy) is 4. The van der Waals surface area contributed by atoms with Gasteiger partial charge < -0.3 is 18.9 Å². The van der Waals surface area contributed by atoms with Crippen molar-refractivity contribution in [3.8, 4) is 11.5 Å². The molecule has 0 saturated carbocycles. The summed E-state index contributed by atoms with van der Waals surface area (Å²) in [5.41, 5.74) is 2.98. The van der Waals surface area contributed by atoms with E-state index in [9.17, 15) is 14.4 Å². The zero-order valence-electron chi connectivity index (χ0n) is 16.0. The first-order chi connectivity index (χ1) is 13.5. The topological polar surface area (TPSA) is 88.1 Å². The van der Waals surface area contributed by atoms with Crippen LogP contribution in [0.1, 0.15) is 27.0 Å². The molecule has 0 aliphatic heterocycles. The lowest BCUT2D eigenvalue weighted by Gasteiger charge is -2.15. The molecule has 0 N–H and O–H groups in total. The van der Waals surface area contributed by atoms with Gasteiger partial charge in [-0.2, -0.15) is 0 Å². The maximum atomic E-state index is 11.4. The molecule has 0 fully saturated rings. The molecule has 2 rings (SSSR count). The van der Waals surface area contributed by atoms with E-state index in [0.29, 0.717) is 29.0 Å². The van der Waals surface area contributed by atoms with E-state index in [1.54, 1.807) is 24.3 Å². The highest BCUT2D eigenvalue weighted by atomic mass is 16.6. The molecule has 0 atom stereocenters. The van der Waals surface area contributed by atoms with Crippen molar-refractivity contribution in [1.82, 2.24) is 0 Å². The van der Waals surface area contributed by atoms with Crippen LogP contribution in [0.3, 0.4) is 0 Å². The third-order valence-corrected chi connectivity index (χ3v) is 3.96. The van der Waals surface area contributed by atoms with Gasteiger partial charge in [-0.25, -0.2) is 9.59 Å². The molecular formula is C21H22O7. The van der Waals surface area contributed by atoms with Crippen LogP contribution in [-0.4, -0.2) is 45.7 Å². The quantitative estimate of drug-likeness (QED) is 0.483. The van der Waals surface area contributed by atoms with Gasteiger partial charge in [0.05, 0.1) is 14.2 Å². The van der Waals surface area contributed by atoms with Crippen molar-refractivity contribution in [2.75, 3.05) is 27.4 Å². The summed E-state index contributed by atoms with van der Waals surface area (Å²) < 4.78 is 20.3. The number of benzene rings is 2. The summed E-state index contributed by atoms with van der Waals surface area (Å²) in [6.07, 6.45) is 1.11. The zero-order chi connectivity index (χ0) is 20.5. The van der Waals surface area contributed by atoms with Crippen molar-refractivity contribution < 1.29 is 33.3 Å². The highest BCUT2D eigenvalue weighted by Crippen LogP contribution is 2.28. The summed E-state index contributed by atoms with van der Waals surface area (Å²) in [6.45, 7) is 1.47. The van der Waals surface area contributed by atoms with Crippen molar-refractivity contribution in [3.63, 3.8) is 0 Å². The first-order valence-electron chi connectivity index (χ1n) is 8.53. The molecule has 2 aromatic carbocycles. The minimum Gasteiger partial charge on any atom is -0.482 e. The van der Waals surface area contributed by atoms with E-state index in [1.807, 2.05) is 19.1 Å². The van der Waals surface area contributed by atoms with E-state index < -0.39 is 11.9 Å². The summed E-state index contributed by atoms with van der Waals surface area (Å²) in [7, 11) is 2.57. The molecule has 0 saturated heterocycles. The smallest absolute Gasteiger partial charge is 0.343 e. The summed E-state index contributed by atoms with van der Waals surface area (Å²) in [4.78, 5) is 33.9. The number of aldehydes is 1. The fourth-order valence-electron chi connectivity index (χ4n) is 2.54. The number of methoxy groups -OCH3 is 2. The monoisotopic (exact) mass is 386 g/mol. The number of rotatable bonds is 9. The molecule has 0 aliphatic rings. The van der Waals surface area contributed by atoms with Gasteiger partial charge in [0, 0.05) is 12.0 Å². The Morgan fingerprint density at radius 2 is 1.39 bits per heavy atom. The number of carbonyl (C=O) groups is 3. The Hall–Kier alpha value is -3.35. The highest BCUT2D eigenvalue weighted by molar-refractivity contribution is 5.76. The first-order valence-corrected chi connectivity index (χ1v) is 8.53. The van der Waals surface area contributed by atoms with E-state index in [1.165, 1.54) is 14.2 Å². The lowest BCUT2D eigenvalue weighted by molar-refractivity contribution is -0.143. The Balaban J connectivity index is 2.32. The number of aryl methyl sites for hydroxylation is 1. The zero-order valence-corrected chi connectivity index (χ0v) is 16.0. The van der Waals surface area contributed by atoms with Crippen LogP contribution >= 0.6 is 0 Å². The fraction of sp³-hybridized carbons (Fsp3) is 0.286. The fourth-order valence-corrected chi connectivity index (χ4v) is 2.54. The maximum absolute atomic E-state index is 11.4. The third-order valence-electron chi connectivity index (χ3n) is 3.96. The Bertz CT molecular complexity index is 858. The molecule has 0 radical (unpaired) electrons. The maximum Gasteiger partial charge on any atom is 0.343 e. The molecule has 0 heterocycles. The van der Waals surface area contributed by atoms with E-state index in [2.05, 4.69) is 9.47 Å². The second kappa shape index (κ2) is 10.1. The van der Waals surface area contributed by atoms with Crippen LogP contribution < -0.4 is 9.47 Å². The van der Waals surface area contributed by atoms with Gasteiger partial charge in [-0.1, -0.05) is 17.7 Å². The number of hydrogen-bond donors (Lipinski definition) is 0. The predicted molar refractivity (Wildman–Crippen MR) is 101 cm³/mol. The van der Waals surface area contributed by atoms with Crippen LogP contribution in [0.2, 0.25) is 0 Å². The van der Waals surface area contributed by atoms with E-state index >= 15 is 0 Å².